The van der Waals surface area contributed by atoms with Crippen LogP contribution in [0.4, 0.5) is 10.1 Å². The minimum absolute atomic E-state index is 0.00716. The van der Waals surface area contributed by atoms with Crippen LogP contribution in [0.5, 0.6) is 0 Å². The third-order valence-electron chi connectivity index (χ3n) is 5.20. The van der Waals surface area contributed by atoms with Crippen molar-refractivity contribution in [2.24, 2.45) is 0 Å². The maximum absolute atomic E-state index is 13.6. The monoisotopic (exact) mass is 369 g/mol. The van der Waals surface area contributed by atoms with Gasteiger partial charge in [-0.05, 0) is 41.7 Å². The predicted octanol–water partition coefficient (Wildman–Crippen LogP) is 3.54. The van der Waals surface area contributed by atoms with Crippen molar-refractivity contribution in [3.05, 3.63) is 65.0 Å². The molecule has 144 valence electrons. The lowest BCUT2D eigenvalue weighted by molar-refractivity contribution is -0.118. The van der Waals surface area contributed by atoms with Crippen LogP contribution in [0.25, 0.3) is 0 Å². The van der Waals surface area contributed by atoms with Crippen LogP contribution in [0.1, 0.15) is 36.6 Å². The molecule has 0 aliphatic carbocycles. The Morgan fingerprint density at radius 3 is 2.56 bits per heavy atom. The van der Waals surface area contributed by atoms with E-state index in [1.54, 1.807) is 12.1 Å². The molecule has 0 spiro atoms. The average molecular weight is 369 g/mol. The molecule has 1 heterocycles. The number of benzene rings is 2. The van der Waals surface area contributed by atoms with Crippen LogP contribution in [0.2, 0.25) is 0 Å². The fourth-order valence-electron chi connectivity index (χ4n) is 3.74. The Kier molecular flexibility index (Phi) is 6.58. The van der Waals surface area contributed by atoms with E-state index in [-0.39, 0.29) is 17.8 Å². The van der Waals surface area contributed by atoms with Crippen molar-refractivity contribution in [1.82, 2.24) is 10.2 Å². The van der Waals surface area contributed by atoms with Gasteiger partial charge in [0.1, 0.15) is 5.82 Å². The van der Waals surface area contributed by atoms with Crippen molar-refractivity contribution in [2.45, 2.75) is 32.7 Å². The molecule has 1 aliphatic rings. The molecule has 2 aromatic carbocycles. The van der Waals surface area contributed by atoms with Crippen molar-refractivity contribution < 1.29 is 9.18 Å². The van der Waals surface area contributed by atoms with Gasteiger partial charge in [-0.25, -0.2) is 4.39 Å². The summed E-state index contributed by atoms with van der Waals surface area (Å²) in [5, 5.41) is 6.48. The fraction of sp³-hybridized carbons (Fsp3) is 0.409. The van der Waals surface area contributed by atoms with Crippen LogP contribution in [-0.2, 0) is 17.6 Å². The van der Waals surface area contributed by atoms with Crippen molar-refractivity contribution in [3.63, 3.8) is 0 Å². The van der Waals surface area contributed by atoms with Gasteiger partial charge in [-0.3, -0.25) is 9.69 Å². The first-order chi connectivity index (χ1) is 13.1. The topological polar surface area (TPSA) is 44.4 Å². The summed E-state index contributed by atoms with van der Waals surface area (Å²) in [4.78, 5) is 14.9. The highest BCUT2D eigenvalue weighted by atomic mass is 19.1. The number of hydrogen-bond acceptors (Lipinski definition) is 3. The van der Waals surface area contributed by atoms with E-state index in [9.17, 15) is 9.18 Å². The summed E-state index contributed by atoms with van der Waals surface area (Å²) in [6, 6.07) is 12.8. The minimum Gasteiger partial charge on any atom is -0.324 e. The number of nitrogens with one attached hydrogen (secondary N) is 2. The molecule has 2 aromatic rings. The Balaban J connectivity index is 1.74. The van der Waals surface area contributed by atoms with E-state index in [1.165, 1.54) is 6.07 Å². The Morgan fingerprint density at radius 2 is 1.89 bits per heavy atom. The van der Waals surface area contributed by atoms with E-state index in [1.807, 2.05) is 12.1 Å². The molecule has 1 amide bonds. The largest absolute Gasteiger partial charge is 0.324 e. The average Bonchev–Trinajstić information content (AvgIpc) is 2.68. The summed E-state index contributed by atoms with van der Waals surface area (Å²) < 4.78 is 13.6. The number of halogens is 1. The van der Waals surface area contributed by atoms with E-state index < -0.39 is 0 Å². The second-order valence-electron chi connectivity index (χ2n) is 6.95. The molecule has 1 fully saturated rings. The number of amides is 1. The molecule has 0 bridgehead atoms. The lowest BCUT2D eigenvalue weighted by Crippen LogP contribution is -2.48. The molecule has 1 aliphatic heterocycles. The van der Waals surface area contributed by atoms with Gasteiger partial charge in [0.15, 0.2) is 0 Å². The number of nitrogens with zero attached hydrogens (tertiary/aromatic N) is 1. The second kappa shape index (κ2) is 9.11. The first-order valence-electron chi connectivity index (χ1n) is 9.73. The van der Waals surface area contributed by atoms with Crippen LogP contribution in [0, 0.1) is 5.82 Å². The highest BCUT2D eigenvalue weighted by molar-refractivity contribution is 5.94. The summed E-state index contributed by atoms with van der Waals surface area (Å²) in [6.07, 6.45) is 1.76. The van der Waals surface area contributed by atoms with Gasteiger partial charge in [0.25, 0.3) is 0 Å². The van der Waals surface area contributed by atoms with Gasteiger partial charge in [-0.1, -0.05) is 44.2 Å². The predicted molar refractivity (Wildman–Crippen MR) is 107 cm³/mol. The Bertz CT molecular complexity index is 771. The van der Waals surface area contributed by atoms with Gasteiger partial charge in [-0.2, -0.15) is 0 Å². The smallest absolute Gasteiger partial charge is 0.238 e. The highest BCUT2D eigenvalue weighted by Crippen LogP contribution is 2.25. The maximum atomic E-state index is 13.6. The van der Waals surface area contributed by atoms with Crippen LogP contribution in [-0.4, -0.2) is 37.0 Å². The summed E-state index contributed by atoms with van der Waals surface area (Å²) in [7, 11) is 0. The van der Waals surface area contributed by atoms with Crippen LogP contribution in [0.3, 0.4) is 0 Å². The summed E-state index contributed by atoms with van der Waals surface area (Å²) in [6.45, 7) is 6.78. The molecule has 0 aromatic heterocycles. The number of rotatable bonds is 6. The highest BCUT2D eigenvalue weighted by Gasteiger charge is 2.26. The maximum Gasteiger partial charge on any atom is 0.238 e. The van der Waals surface area contributed by atoms with Gasteiger partial charge in [0.2, 0.25) is 5.91 Å². The van der Waals surface area contributed by atoms with Crippen LogP contribution < -0.4 is 10.6 Å². The third-order valence-corrected chi connectivity index (χ3v) is 5.20. The molecule has 27 heavy (non-hydrogen) atoms. The summed E-state index contributed by atoms with van der Waals surface area (Å²) >= 11 is 0. The molecule has 3 rings (SSSR count). The number of carbonyl (C=O) groups excluding carboxylic acids is 1. The molecule has 5 heteroatoms. The van der Waals surface area contributed by atoms with E-state index in [0.29, 0.717) is 13.1 Å². The number of anilines is 1. The van der Waals surface area contributed by atoms with Crippen LogP contribution >= 0.6 is 0 Å². The first-order valence-corrected chi connectivity index (χ1v) is 9.73. The first kappa shape index (κ1) is 19.5. The molecule has 1 atom stereocenters. The molecule has 4 nitrogen and oxygen atoms in total. The van der Waals surface area contributed by atoms with Crippen molar-refractivity contribution >= 4 is 11.6 Å². The Labute approximate surface area is 160 Å². The van der Waals surface area contributed by atoms with Crippen molar-refractivity contribution in [2.75, 3.05) is 31.5 Å². The number of para-hydroxylation sites is 1. The minimum atomic E-state index is -0.244. The zero-order valence-corrected chi connectivity index (χ0v) is 16.1. The van der Waals surface area contributed by atoms with Gasteiger partial charge < -0.3 is 10.6 Å². The van der Waals surface area contributed by atoms with E-state index in [2.05, 4.69) is 41.5 Å². The van der Waals surface area contributed by atoms with E-state index in [0.717, 1.165) is 48.3 Å². The van der Waals surface area contributed by atoms with E-state index >= 15 is 0 Å². The van der Waals surface area contributed by atoms with Gasteiger partial charge >= 0.3 is 0 Å². The standard InChI is InChI=1S/C22H28FN3O/c1-3-16-7-5-8-17(4-2)22(16)25-21(27)15-26-12-11-24-14-20(26)18-9-6-10-19(23)13-18/h5-10,13,20,24H,3-4,11-12,14-15H2,1-2H3,(H,25,27). The zero-order valence-electron chi connectivity index (χ0n) is 16.1. The van der Waals surface area contributed by atoms with Gasteiger partial charge in [0.05, 0.1) is 6.54 Å². The van der Waals surface area contributed by atoms with E-state index in [4.69, 9.17) is 0 Å². The molecule has 0 radical (unpaired) electrons. The normalized spacial score (nSPS) is 17.7. The van der Waals surface area contributed by atoms with Crippen LogP contribution in [0.15, 0.2) is 42.5 Å². The number of piperazine rings is 1. The summed E-state index contributed by atoms with van der Waals surface area (Å²) in [5.74, 6) is -0.263. The zero-order chi connectivity index (χ0) is 19.2. The van der Waals surface area contributed by atoms with Gasteiger partial charge in [0, 0.05) is 31.4 Å². The second-order valence-corrected chi connectivity index (χ2v) is 6.95. The SMILES string of the molecule is CCc1cccc(CC)c1NC(=O)CN1CCNCC1c1cccc(F)c1. The quantitative estimate of drug-likeness (QED) is 0.819. The molecule has 1 saturated heterocycles. The Hall–Kier alpha value is -2.24. The molecular formula is C22H28FN3O. The number of aryl methyl sites for hydroxylation is 2. The van der Waals surface area contributed by atoms with Gasteiger partial charge in [-0.15, -0.1) is 0 Å². The third kappa shape index (κ3) is 4.73. The molecule has 0 saturated carbocycles. The van der Waals surface area contributed by atoms with Crippen molar-refractivity contribution in [3.8, 4) is 0 Å². The number of carbonyl (C=O) groups is 1. The lowest BCUT2D eigenvalue weighted by Gasteiger charge is -2.36. The molecule has 2 N–H and O–H groups in total. The molecule has 1 unspecified atom stereocenters. The van der Waals surface area contributed by atoms with Crippen molar-refractivity contribution in [1.29, 1.82) is 0 Å². The Morgan fingerprint density at radius 1 is 1.19 bits per heavy atom. The molecular weight excluding hydrogens is 341 g/mol. The summed E-state index contributed by atoms with van der Waals surface area (Å²) in [5.41, 5.74) is 4.16. The lowest BCUT2D eigenvalue weighted by atomic mass is 10.0. The number of hydrogen-bond donors (Lipinski definition) is 2. The fourth-order valence-corrected chi connectivity index (χ4v) is 3.74.